The molecule has 0 bridgehead atoms. The first kappa shape index (κ1) is 17.6. The van der Waals surface area contributed by atoms with Gasteiger partial charge in [0, 0.05) is 23.4 Å². The number of rotatable bonds is 4. The number of amides is 1. The van der Waals surface area contributed by atoms with Crippen molar-refractivity contribution in [2.24, 2.45) is 0 Å². The lowest BCUT2D eigenvalue weighted by molar-refractivity contribution is 0.0792. The molecule has 122 valence electrons. The maximum Gasteiger partial charge on any atom is 0.251 e. The Bertz CT molecular complexity index is 740. The van der Waals surface area contributed by atoms with Crippen LogP contribution in [0, 0.1) is 0 Å². The van der Waals surface area contributed by atoms with E-state index in [1.165, 1.54) is 0 Å². The molecular weight excluding hydrogens is 335 g/mol. The quantitative estimate of drug-likeness (QED) is 0.733. The second-order valence-corrected chi connectivity index (χ2v) is 6.61. The van der Waals surface area contributed by atoms with Crippen LogP contribution in [0.3, 0.4) is 0 Å². The van der Waals surface area contributed by atoms with Gasteiger partial charge in [-0.25, -0.2) is 0 Å². The summed E-state index contributed by atoms with van der Waals surface area (Å²) >= 11 is 11.8. The van der Waals surface area contributed by atoms with Crippen molar-refractivity contribution in [1.29, 1.82) is 0 Å². The topological polar surface area (TPSA) is 75.3 Å². The molecule has 0 saturated carbocycles. The zero-order valence-corrected chi connectivity index (χ0v) is 14.4. The van der Waals surface area contributed by atoms with Gasteiger partial charge in [-0.1, -0.05) is 35.3 Å². The molecule has 0 radical (unpaired) electrons. The van der Waals surface area contributed by atoms with Crippen LogP contribution < -0.4 is 11.1 Å². The van der Waals surface area contributed by atoms with Crippen molar-refractivity contribution in [3.63, 3.8) is 0 Å². The fourth-order valence-electron chi connectivity index (χ4n) is 2.20. The highest BCUT2D eigenvalue weighted by atomic mass is 35.5. The lowest BCUT2D eigenvalue weighted by Gasteiger charge is -2.20. The Morgan fingerprint density at radius 3 is 2.43 bits per heavy atom. The first-order valence-corrected chi connectivity index (χ1v) is 7.78. The van der Waals surface area contributed by atoms with Gasteiger partial charge < -0.3 is 16.2 Å². The van der Waals surface area contributed by atoms with E-state index in [-0.39, 0.29) is 5.91 Å². The average molecular weight is 353 g/mol. The molecule has 4 N–H and O–H groups in total. The van der Waals surface area contributed by atoms with Gasteiger partial charge in [0.2, 0.25) is 0 Å². The Balaban J connectivity index is 2.09. The minimum atomic E-state index is -1.06. The van der Waals surface area contributed by atoms with Crippen LogP contribution in [-0.2, 0) is 12.1 Å². The van der Waals surface area contributed by atoms with Crippen LogP contribution in [0.1, 0.15) is 35.3 Å². The van der Waals surface area contributed by atoms with Gasteiger partial charge in [0.25, 0.3) is 5.91 Å². The lowest BCUT2D eigenvalue weighted by atomic mass is 9.95. The molecule has 0 atom stereocenters. The molecule has 1 amide bonds. The van der Waals surface area contributed by atoms with Crippen LogP contribution in [0.2, 0.25) is 10.0 Å². The SMILES string of the molecule is CC(C)(O)c1ccc(C(=O)NCc2ccc(Cl)c(Cl)c2)cc1N. The Morgan fingerprint density at radius 1 is 1.17 bits per heavy atom. The van der Waals surface area contributed by atoms with Gasteiger partial charge in [-0.2, -0.15) is 0 Å². The van der Waals surface area contributed by atoms with Crippen molar-refractivity contribution in [1.82, 2.24) is 5.32 Å². The molecule has 4 nitrogen and oxygen atoms in total. The van der Waals surface area contributed by atoms with Gasteiger partial charge in [0.05, 0.1) is 15.6 Å². The van der Waals surface area contributed by atoms with Crippen molar-refractivity contribution in [2.45, 2.75) is 26.0 Å². The molecule has 0 aliphatic rings. The Labute approximate surface area is 145 Å². The predicted molar refractivity (Wildman–Crippen MR) is 93.7 cm³/mol. The second-order valence-electron chi connectivity index (χ2n) is 5.79. The summed E-state index contributed by atoms with van der Waals surface area (Å²) in [5, 5.41) is 13.7. The Morgan fingerprint density at radius 2 is 1.87 bits per heavy atom. The summed E-state index contributed by atoms with van der Waals surface area (Å²) in [6.07, 6.45) is 0. The number of anilines is 1. The number of nitrogens with two attached hydrogens (primary N) is 1. The number of nitrogens with one attached hydrogen (secondary N) is 1. The number of carbonyl (C=O) groups is 1. The smallest absolute Gasteiger partial charge is 0.251 e. The molecule has 0 aliphatic heterocycles. The summed E-state index contributed by atoms with van der Waals surface area (Å²) < 4.78 is 0. The minimum Gasteiger partial charge on any atom is -0.398 e. The number of nitrogen functional groups attached to an aromatic ring is 1. The molecule has 0 spiro atoms. The highest BCUT2D eigenvalue weighted by Gasteiger charge is 2.20. The monoisotopic (exact) mass is 352 g/mol. The number of carbonyl (C=O) groups excluding carboxylic acids is 1. The Kier molecular flexibility index (Phi) is 5.19. The van der Waals surface area contributed by atoms with Crippen molar-refractivity contribution in [3.05, 3.63) is 63.1 Å². The summed E-state index contributed by atoms with van der Waals surface area (Å²) in [7, 11) is 0. The van der Waals surface area contributed by atoms with Crippen LogP contribution >= 0.6 is 23.2 Å². The van der Waals surface area contributed by atoms with Gasteiger partial charge in [-0.05, 0) is 43.7 Å². The van der Waals surface area contributed by atoms with E-state index >= 15 is 0 Å². The van der Waals surface area contributed by atoms with E-state index in [9.17, 15) is 9.90 Å². The molecular formula is C17H18Cl2N2O2. The predicted octanol–water partition coefficient (Wildman–Crippen LogP) is 3.73. The molecule has 0 aromatic heterocycles. The van der Waals surface area contributed by atoms with E-state index in [1.54, 1.807) is 50.2 Å². The number of hydrogen-bond donors (Lipinski definition) is 3. The van der Waals surface area contributed by atoms with Crippen molar-refractivity contribution in [2.75, 3.05) is 5.73 Å². The van der Waals surface area contributed by atoms with E-state index < -0.39 is 5.60 Å². The van der Waals surface area contributed by atoms with E-state index in [4.69, 9.17) is 28.9 Å². The largest absolute Gasteiger partial charge is 0.398 e. The second kappa shape index (κ2) is 6.79. The van der Waals surface area contributed by atoms with Gasteiger partial charge in [0.15, 0.2) is 0 Å². The fourth-order valence-corrected chi connectivity index (χ4v) is 2.52. The first-order chi connectivity index (χ1) is 10.7. The van der Waals surface area contributed by atoms with Crippen LogP contribution in [0.5, 0.6) is 0 Å². The summed E-state index contributed by atoms with van der Waals surface area (Å²) in [5.41, 5.74) is 7.09. The molecule has 2 rings (SSSR count). The molecule has 0 saturated heterocycles. The van der Waals surface area contributed by atoms with E-state index in [0.717, 1.165) is 5.56 Å². The molecule has 2 aromatic carbocycles. The van der Waals surface area contributed by atoms with Crippen LogP contribution in [0.15, 0.2) is 36.4 Å². The molecule has 0 unspecified atom stereocenters. The highest BCUT2D eigenvalue weighted by molar-refractivity contribution is 6.42. The number of halogens is 2. The van der Waals surface area contributed by atoms with Crippen molar-refractivity contribution < 1.29 is 9.90 Å². The van der Waals surface area contributed by atoms with Crippen LogP contribution in [0.4, 0.5) is 5.69 Å². The number of hydrogen-bond acceptors (Lipinski definition) is 3. The zero-order chi connectivity index (χ0) is 17.2. The van der Waals surface area contributed by atoms with Crippen molar-refractivity contribution in [3.8, 4) is 0 Å². The minimum absolute atomic E-state index is 0.259. The van der Waals surface area contributed by atoms with Gasteiger partial charge >= 0.3 is 0 Å². The van der Waals surface area contributed by atoms with Crippen molar-refractivity contribution >= 4 is 34.8 Å². The highest BCUT2D eigenvalue weighted by Crippen LogP contribution is 2.26. The molecule has 2 aromatic rings. The van der Waals surface area contributed by atoms with Gasteiger partial charge in [-0.15, -0.1) is 0 Å². The summed E-state index contributed by atoms with van der Waals surface area (Å²) in [5.74, 6) is -0.259. The van der Waals surface area contributed by atoms with Crippen LogP contribution in [-0.4, -0.2) is 11.0 Å². The zero-order valence-electron chi connectivity index (χ0n) is 12.9. The number of benzene rings is 2. The Hall–Kier alpha value is -1.75. The molecule has 0 heterocycles. The maximum atomic E-state index is 12.2. The van der Waals surface area contributed by atoms with Gasteiger partial charge in [-0.3, -0.25) is 4.79 Å². The van der Waals surface area contributed by atoms with E-state index in [1.807, 2.05) is 0 Å². The normalized spacial score (nSPS) is 11.3. The maximum absolute atomic E-state index is 12.2. The third-order valence-corrected chi connectivity index (χ3v) is 4.15. The lowest BCUT2D eigenvalue weighted by Crippen LogP contribution is -2.24. The summed E-state index contributed by atoms with van der Waals surface area (Å²) in [4.78, 5) is 12.2. The molecule has 23 heavy (non-hydrogen) atoms. The number of aliphatic hydroxyl groups is 1. The third kappa shape index (κ3) is 4.38. The third-order valence-electron chi connectivity index (χ3n) is 3.41. The van der Waals surface area contributed by atoms with E-state index in [0.29, 0.717) is 33.4 Å². The van der Waals surface area contributed by atoms with E-state index in [2.05, 4.69) is 5.32 Å². The molecule has 0 fully saturated rings. The first-order valence-electron chi connectivity index (χ1n) is 7.03. The summed E-state index contributed by atoms with van der Waals surface area (Å²) in [6.45, 7) is 3.61. The summed E-state index contributed by atoms with van der Waals surface area (Å²) in [6, 6.07) is 10.0. The molecule has 6 heteroatoms. The fraction of sp³-hybridized carbons (Fsp3) is 0.235. The standard InChI is InChI=1S/C17H18Cl2N2O2/c1-17(2,23)12-5-4-11(8-15(12)20)16(22)21-9-10-3-6-13(18)14(19)7-10/h3-8,23H,9,20H2,1-2H3,(H,21,22). The molecule has 0 aliphatic carbocycles. The average Bonchev–Trinajstić information content (AvgIpc) is 2.46. The van der Waals surface area contributed by atoms with Gasteiger partial charge in [0.1, 0.15) is 0 Å². The van der Waals surface area contributed by atoms with Crippen LogP contribution in [0.25, 0.3) is 0 Å².